The van der Waals surface area contributed by atoms with Crippen LogP contribution in [-0.2, 0) is 6.54 Å². The molecule has 4 aromatic rings. The Balaban J connectivity index is 1.71. The second-order valence-electron chi connectivity index (χ2n) is 6.60. The van der Waals surface area contributed by atoms with Crippen molar-refractivity contribution in [3.8, 4) is 0 Å². The summed E-state index contributed by atoms with van der Waals surface area (Å²) in [7, 11) is 0. The first-order valence-corrected chi connectivity index (χ1v) is 9.15. The number of anilines is 1. The molecular weight excluding hydrogens is 322 g/mol. The largest absolute Gasteiger partial charge is 0.368 e. The maximum absolute atomic E-state index is 4.63. The van der Waals surface area contributed by atoms with Crippen molar-refractivity contribution in [3.63, 3.8) is 0 Å². The summed E-state index contributed by atoms with van der Waals surface area (Å²) in [4.78, 5) is 13.8. The predicted molar refractivity (Wildman–Crippen MR) is 107 cm³/mol. The zero-order chi connectivity index (χ0) is 17.9. The molecule has 3 aromatic heterocycles. The van der Waals surface area contributed by atoms with Gasteiger partial charge in [-0.25, -0.2) is 9.97 Å². The van der Waals surface area contributed by atoms with Crippen molar-refractivity contribution < 1.29 is 0 Å². The van der Waals surface area contributed by atoms with Crippen LogP contribution in [-0.4, -0.2) is 26.1 Å². The van der Waals surface area contributed by atoms with Gasteiger partial charge in [-0.1, -0.05) is 37.6 Å². The molecule has 132 valence electrons. The van der Waals surface area contributed by atoms with E-state index in [4.69, 9.17) is 0 Å². The molecular formula is C21H23N5. The van der Waals surface area contributed by atoms with Gasteiger partial charge >= 0.3 is 0 Å². The lowest BCUT2D eigenvalue weighted by atomic mass is 10.1. The van der Waals surface area contributed by atoms with Gasteiger partial charge in [0.1, 0.15) is 11.3 Å². The summed E-state index contributed by atoms with van der Waals surface area (Å²) >= 11 is 0. The highest BCUT2D eigenvalue weighted by Gasteiger charge is 2.11. The Morgan fingerprint density at radius 3 is 2.77 bits per heavy atom. The molecule has 5 nitrogen and oxygen atoms in total. The lowest BCUT2D eigenvalue weighted by molar-refractivity contribution is 0.802. The van der Waals surface area contributed by atoms with Crippen LogP contribution in [0.5, 0.6) is 0 Å². The van der Waals surface area contributed by atoms with E-state index in [1.807, 2.05) is 19.2 Å². The quantitative estimate of drug-likeness (QED) is 0.521. The highest BCUT2D eigenvalue weighted by Crippen LogP contribution is 2.23. The van der Waals surface area contributed by atoms with Crippen LogP contribution in [0.3, 0.4) is 0 Å². The summed E-state index contributed by atoms with van der Waals surface area (Å²) in [6.07, 6.45) is 6.29. The fourth-order valence-corrected chi connectivity index (χ4v) is 3.25. The number of nitrogens with one attached hydrogen (secondary N) is 1. The lowest BCUT2D eigenvalue weighted by Crippen LogP contribution is -2.08. The van der Waals surface area contributed by atoms with E-state index >= 15 is 0 Å². The first-order chi connectivity index (χ1) is 12.7. The van der Waals surface area contributed by atoms with Crippen molar-refractivity contribution in [3.05, 3.63) is 60.3 Å². The number of pyridine rings is 1. The number of rotatable bonds is 6. The number of hydrogen-bond acceptors (Lipinski definition) is 4. The van der Waals surface area contributed by atoms with Crippen LogP contribution in [0.4, 0.5) is 5.82 Å². The monoisotopic (exact) mass is 345 g/mol. The van der Waals surface area contributed by atoms with Crippen molar-refractivity contribution in [2.75, 3.05) is 11.9 Å². The SMILES string of the molecule is CCCCNc1nc(C)nc2ccn(Cc3cc4ccccc4cn3)c12. The standard InChI is InChI=1S/C21H23N5/c1-3-4-10-22-21-20-19(24-15(2)25-21)9-11-26(20)14-18-12-16-7-5-6-8-17(16)13-23-18/h5-9,11-13H,3-4,10,14H2,1-2H3,(H,22,24,25). The Bertz CT molecular complexity index is 1050. The zero-order valence-corrected chi connectivity index (χ0v) is 15.2. The summed E-state index contributed by atoms with van der Waals surface area (Å²) in [5, 5.41) is 5.85. The minimum atomic E-state index is 0.698. The van der Waals surface area contributed by atoms with Crippen molar-refractivity contribution in [2.45, 2.75) is 33.2 Å². The lowest BCUT2D eigenvalue weighted by Gasteiger charge is -2.11. The van der Waals surface area contributed by atoms with Crippen LogP contribution in [0.15, 0.2) is 48.8 Å². The number of nitrogens with zero attached hydrogens (tertiary/aromatic N) is 4. The van der Waals surface area contributed by atoms with Gasteiger partial charge in [0.15, 0.2) is 5.82 Å². The molecule has 0 unspecified atom stereocenters. The van der Waals surface area contributed by atoms with Gasteiger partial charge in [-0.05, 0) is 30.9 Å². The molecule has 1 N–H and O–H groups in total. The minimum absolute atomic E-state index is 0.698. The molecule has 0 amide bonds. The highest BCUT2D eigenvalue weighted by atomic mass is 15.1. The number of unbranched alkanes of at least 4 members (excludes halogenated alkanes) is 1. The molecule has 5 heteroatoms. The summed E-state index contributed by atoms with van der Waals surface area (Å²) < 4.78 is 2.18. The average Bonchev–Trinajstić information content (AvgIpc) is 3.04. The smallest absolute Gasteiger partial charge is 0.154 e. The molecule has 0 bridgehead atoms. The number of aromatic nitrogens is 4. The van der Waals surface area contributed by atoms with Crippen LogP contribution in [0.25, 0.3) is 21.8 Å². The Kier molecular flexibility index (Phi) is 4.52. The highest BCUT2D eigenvalue weighted by molar-refractivity contribution is 5.87. The van der Waals surface area contributed by atoms with Gasteiger partial charge in [-0.2, -0.15) is 0 Å². The molecule has 26 heavy (non-hydrogen) atoms. The molecule has 3 heterocycles. The number of fused-ring (bicyclic) bond motifs is 2. The molecule has 4 rings (SSSR count). The Hall–Kier alpha value is -2.95. The van der Waals surface area contributed by atoms with Crippen LogP contribution < -0.4 is 5.32 Å². The average molecular weight is 345 g/mol. The molecule has 0 aliphatic carbocycles. The zero-order valence-electron chi connectivity index (χ0n) is 15.2. The number of hydrogen-bond donors (Lipinski definition) is 1. The van der Waals surface area contributed by atoms with Gasteiger partial charge in [0.2, 0.25) is 0 Å². The molecule has 0 radical (unpaired) electrons. The number of aryl methyl sites for hydroxylation is 1. The summed E-state index contributed by atoms with van der Waals surface area (Å²) in [5.41, 5.74) is 3.04. The van der Waals surface area contributed by atoms with Gasteiger partial charge < -0.3 is 9.88 Å². The van der Waals surface area contributed by atoms with E-state index in [1.165, 1.54) is 5.39 Å². The van der Waals surface area contributed by atoms with Crippen molar-refractivity contribution in [1.82, 2.24) is 19.5 Å². The summed E-state index contributed by atoms with van der Waals surface area (Å²) in [6, 6.07) is 12.5. The molecule has 0 fully saturated rings. The second-order valence-corrected chi connectivity index (χ2v) is 6.60. The maximum atomic E-state index is 4.63. The van der Waals surface area contributed by atoms with Crippen LogP contribution >= 0.6 is 0 Å². The van der Waals surface area contributed by atoms with E-state index in [0.29, 0.717) is 6.54 Å². The van der Waals surface area contributed by atoms with Gasteiger partial charge in [0.05, 0.1) is 17.8 Å². The van der Waals surface area contributed by atoms with Gasteiger partial charge in [0, 0.05) is 24.3 Å². The Labute approximate surface area is 153 Å². The van der Waals surface area contributed by atoms with E-state index in [0.717, 1.165) is 53.1 Å². The van der Waals surface area contributed by atoms with Crippen LogP contribution in [0.1, 0.15) is 31.3 Å². The van der Waals surface area contributed by atoms with Crippen molar-refractivity contribution in [2.24, 2.45) is 0 Å². The van der Waals surface area contributed by atoms with E-state index in [2.05, 4.69) is 68.3 Å². The fraction of sp³-hybridized carbons (Fsp3) is 0.286. The van der Waals surface area contributed by atoms with E-state index in [-0.39, 0.29) is 0 Å². The first-order valence-electron chi connectivity index (χ1n) is 9.15. The molecule has 0 aliphatic heterocycles. The predicted octanol–water partition coefficient (Wildman–Crippen LogP) is 4.55. The summed E-state index contributed by atoms with van der Waals surface area (Å²) in [6.45, 7) is 5.74. The maximum Gasteiger partial charge on any atom is 0.154 e. The van der Waals surface area contributed by atoms with Crippen LogP contribution in [0.2, 0.25) is 0 Å². The molecule has 0 spiro atoms. The number of benzene rings is 1. The molecule has 0 saturated heterocycles. The Morgan fingerprint density at radius 2 is 1.92 bits per heavy atom. The van der Waals surface area contributed by atoms with E-state index < -0.39 is 0 Å². The van der Waals surface area contributed by atoms with Crippen molar-refractivity contribution >= 4 is 27.6 Å². The topological polar surface area (TPSA) is 55.6 Å². The molecule has 0 aliphatic rings. The Morgan fingerprint density at radius 1 is 1.08 bits per heavy atom. The molecule has 0 atom stereocenters. The molecule has 0 saturated carbocycles. The first kappa shape index (κ1) is 16.5. The van der Waals surface area contributed by atoms with E-state index in [9.17, 15) is 0 Å². The normalized spacial score (nSPS) is 11.3. The van der Waals surface area contributed by atoms with Crippen molar-refractivity contribution in [1.29, 1.82) is 0 Å². The minimum Gasteiger partial charge on any atom is -0.368 e. The third kappa shape index (κ3) is 3.25. The molecule has 1 aromatic carbocycles. The van der Waals surface area contributed by atoms with Crippen LogP contribution in [0, 0.1) is 6.92 Å². The third-order valence-electron chi connectivity index (χ3n) is 4.57. The summed E-state index contributed by atoms with van der Waals surface area (Å²) in [5.74, 6) is 1.70. The van der Waals surface area contributed by atoms with Gasteiger partial charge in [0.25, 0.3) is 0 Å². The fourth-order valence-electron chi connectivity index (χ4n) is 3.25. The van der Waals surface area contributed by atoms with E-state index in [1.54, 1.807) is 0 Å². The third-order valence-corrected chi connectivity index (χ3v) is 4.57. The van der Waals surface area contributed by atoms with Gasteiger partial charge in [-0.3, -0.25) is 4.98 Å². The van der Waals surface area contributed by atoms with Gasteiger partial charge in [-0.15, -0.1) is 0 Å². The second kappa shape index (κ2) is 7.12.